The molecule has 20 heavy (non-hydrogen) atoms. The molecule has 6 heteroatoms. The van der Waals surface area contributed by atoms with Crippen molar-refractivity contribution in [2.45, 2.75) is 6.54 Å². The van der Waals surface area contributed by atoms with E-state index < -0.39 is 11.9 Å². The van der Waals surface area contributed by atoms with Gasteiger partial charge in [0.25, 0.3) is 5.91 Å². The normalized spacial score (nSPS) is 10.0. The second-order valence-electron chi connectivity index (χ2n) is 4.11. The van der Waals surface area contributed by atoms with Gasteiger partial charge in [0, 0.05) is 25.0 Å². The van der Waals surface area contributed by atoms with Crippen LogP contribution in [0.15, 0.2) is 47.5 Å². The number of carbonyl (C=O) groups excluding carboxylic acids is 1. The number of aromatic amines is 1. The molecule has 102 valence electrons. The summed E-state index contributed by atoms with van der Waals surface area (Å²) in [5.74, 6) is -1.48. The van der Waals surface area contributed by atoms with E-state index in [4.69, 9.17) is 5.11 Å². The lowest BCUT2D eigenvalue weighted by Gasteiger charge is -2.05. The van der Waals surface area contributed by atoms with Crippen molar-refractivity contribution in [1.82, 2.24) is 10.3 Å². The highest BCUT2D eigenvalue weighted by Crippen LogP contribution is 2.04. The monoisotopic (exact) mass is 272 g/mol. The maximum absolute atomic E-state index is 11.8. The van der Waals surface area contributed by atoms with Crippen LogP contribution in [0.4, 0.5) is 0 Å². The summed E-state index contributed by atoms with van der Waals surface area (Å²) in [7, 11) is 0. The lowest BCUT2D eigenvalue weighted by molar-refractivity contribution is 0.0696. The lowest BCUT2D eigenvalue weighted by atomic mass is 10.1. The zero-order valence-electron chi connectivity index (χ0n) is 10.4. The van der Waals surface area contributed by atoms with Crippen LogP contribution in [0.5, 0.6) is 0 Å². The molecule has 1 heterocycles. The van der Waals surface area contributed by atoms with Gasteiger partial charge in [0.15, 0.2) is 5.43 Å². The topological polar surface area (TPSA) is 99.3 Å². The van der Waals surface area contributed by atoms with Crippen molar-refractivity contribution in [3.05, 3.63) is 69.6 Å². The van der Waals surface area contributed by atoms with E-state index >= 15 is 0 Å². The summed E-state index contributed by atoms with van der Waals surface area (Å²) in [5, 5.41) is 11.4. The standard InChI is InChI=1S/C14H12N2O4/c17-12-5-6-15-8-11(12)13(18)16-7-9-1-3-10(4-2-9)14(19)20/h1-6,8H,7H2,(H,15,17)(H,16,18)(H,19,20). The van der Waals surface area contributed by atoms with Gasteiger partial charge in [-0.15, -0.1) is 0 Å². The fourth-order valence-corrected chi connectivity index (χ4v) is 1.64. The number of carboxylic acid groups (broad SMARTS) is 1. The molecule has 0 fully saturated rings. The lowest BCUT2D eigenvalue weighted by Crippen LogP contribution is -2.27. The van der Waals surface area contributed by atoms with E-state index in [2.05, 4.69) is 10.3 Å². The van der Waals surface area contributed by atoms with Crippen molar-refractivity contribution in [2.75, 3.05) is 0 Å². The Labute approximate surface area is 114 Å². The molecule has 0 atom stereocenters. The fourth-order valence-electron chi connectivity index (χ4n) is 1.64. The van der Waals surface area contributed by atoms with E-state index in [9.17, 15) is 14.4 Å². The van der Waals surface area contributed by atoms with Gasteiger partial charge < -0.3 is 15.4 Å². The first-order valence-electron chi connectivity index (χ1n) is 5.85. The Kier molecular flexibility index (Phi) is 3.95. The van der Waals surface area contributed by atoms with Crippen LogP contribution >= 0.6 is 0 Å². The highest BCUT2D eigenvalue weighted by Gasteiger charge is 2.09. The number of aromatic nitrogens is 1. The van der Waals surface area contributed by atoms with Crippen LogP contribution in [-0.2, 0) is 6.54 Å². The molecule has 2 rings (SSSR count). The molecule has 0 spiro atoms. The Morgan fingerprint density at radius 2 is 1.85 bits per heavy atom. The summed E-state index contributed by atoms with van der Waals surface area (Å²) in [6.07, 6.45) is 2.79. The second kappa shape index (κ2) is 5.83. The molecule has 1 amide bonds. The highest BCUT2D eigenvalue weighted by molar-refractivity contribution is 5.93. The van der Waals surface area contributed by atoms with E-state index in [0.29, 0.717) is 0 Å². The predicted molar refractivity (Wildman–Crippen MR) is 71.6 cm³/mol. The Hall–Kier alpha value is -2.89. The molecule has 0 saturated carbocycles. The zero-order chi connectivity index (χ0) is 14.5. The number of carbonyl (C=O) groups is 2. The molecule has 1 aromatic heterocycles. The first-order valence-corrected chi connectivity index (χ1v) is 5.85. The maximum atomic E-state index is 11.8. The molecular weight excluding hydrogens is 260 g/mol. The number of pyridine rings is 1. The number of hydrogen-bond donors (Lipinski definition) is 3. The average Bonchev–Trinajstić information content (AvgIpc) is 2.45. The number of amides is 1. The Morgan fingerprint density at radius 1 is 1.15 bits per heavy atom. The molecule has 0 aliphatic carbocycles. The number of hydrogen-bond acceptors (Lipinski definition) is 3. The van der Waals surface area contributed by atoms with E-state index in [-0.39, 0.29) is 23.1 Å². The van der Waals surface area contributed by atoms with Gasteiger partial charge in [0.05, 0.1) is 5.56 Å². The van der Waals surface area contributed by atoms with Gasteiger partial charge in [0.1, 0.15) is 5.56 Å². The summed E-state index contributed by atoms with van der Waals surface area (Å²) in [6, 6.07) is 7.41. The minimum atomic E-state index is -1.00. The molecule has 0 aliphatic rings. The van der Waals surface area contributed by atoms with Crippen LogP contribution < -0.4 is 10.7 Å². The van der Waals surface area contributed by atoms with E-state index in [1.54, 1.807) is 12.1 Å². The van der Waals surface area contributed by atoms with Gasteiger partial charge in [-0.1, -0.05) is 12.1 Å². The van der Waals surface area contributed by atoms with Crippen molar-refractivity contribution in [3.63, 3.8) is 0 Å². The highest BCUT2D eigenvalue weighted by atomic mass is 16.4. The van der Waals surface area contributed by atoms with Crippen LogP contribution in [0.3, 0.4) is 0 Å². The predicted octanol–water partition coefficient (Wildman–Crippen LogP) is 1.00. The SMILES string of the molecule is O=C(O)c1ccc(CNC(=O)c2c[nH]ccc2=O)cc1. The molecule has 0 bridgehead atoms. The molecule has 0 saturated heterocycles. The maximum Gasteiger partial charge on any atom is 0.335 e. The van der Waals surface area contributed by atoms with E-state index in [0.717, 1.165) is 5.56 Å². The van der Waals surface area contributed by atoms with Crippen LogP contribution in [-0.4, -0.2) is 22.0 Å². The third kappa shape index (κ3) is 3.11. The number of benzene rings is 1. The minimum absolute atomic E-state index is 0.0367. The van der Waals surface area contributed by atoms with Crippen molar-refractivity contribution in [1.29, 1.82) is 0 Å². The average molecular weight is 272 g/mol. The van der Waals surface area contributed by atoms with E-state index in [1.807, 2.05) is 0 Å². The first kappa shape index (κ1) is 13.5. The van der Waals surface area contributed by atoms with Gasteiger partial charge in [-0.05, 0) is 17.7 Å². The molecule has 2 aromatic rings. The number of rotatable bonds is 4. The van der Waals surface area contributed by atoms with Crippen LogP contribution in [0, 0.1) is 0 Å². The van der Waals surface area contributed by atoms with Crippen molar-refractivity contribution >= 4 is 11.9 Å². The summed E-state index contributed by atoms with van der Waals surface area (Å²) in [5.41, 5.74) is 0.604. The van der Waals surface area contributed by atoms with Gasteiger partial charge in [0.2, 0.25) is 0 Å². The third-order valence-corrected chi connectivity index (χ3v) is 2.72. The zero-order valence-corrected chi connectivity index (χ0v) is 10.4. The molecule has 0 unspecified atom stereocenters. The molecule has 3 N–H and O–H groups in total. The van der Waals surface area contributed by atoms with Crippen molar-refractivity contribution < 1.29 is 14.7 Å². The smallest absolute Gasteiger partial charge is 0.335 e. The number of nitrogens with one attached hydrogen (secondary N) is 2. The summed E-state index contributed by atoms with van der Waals surface area (Å²) < 4.78 is 0. The first-order chi connectivity index (χ1) is 9.58. The number of H-pyrrole nitrogens is 1. The Morgan fingerprint density at radius 3 is 2.45 bits per heavy atom. The Bertz CT molecular complexity index is 689. The summed E-state index contributed by atoms with van der Waals surface area (Å²) in [6.45, 7) is 0.215. The molecule has 0 aliphatic heterocycles. The molecular formula is C14H12N2O4. The van der Waals surface area contributed by atoms with Gasteiger partial charge >= 0.3 is 5.97 Å². The number of carboxylic acids is 1. The third-order valence-electron chi connectivity index (χ3n) is 2.72. The number of aromatic carboxylic acids is 1. The summed E-state index contributed by atoms with van der Waals surface area (Å²) in [4.78, 5) is 36.6. The fraction of sp³-hybridized carbons (Fsp3) is 0.0714. The van der Waals surface area contributed by atoms with Crippen LogP contribution in [0.25, 0.3) is 0 Å². The van der Waals surface area contributed by atoms with E-state index in [1.165, 1.54) is 30.6 Å². The second-order valence-corrected chi connectivity index (χ2v) is 4.11. The Balaban J connectivity index is 2.02. The molecule has 0 radical (unpaired) electrons. The minimum Gasteiger partial charge on any atom is -0.478 e. The quantitative estimate of drug-likeness (QED) is 0.773. The van der Waals surface area contributed by atoms with Crippen molar-refractivity contribution in [3.8, 4) is 0 Å². The van der Waals surface area contributed by atoms with Crippen LogP contribution in [0.2, 0.25) is 0 Å². The van der Waals surface area contributed by atoms with Gasteiger partial charge in [-0.25, -0.2) is 4.79 Å². The molecule has 1 aromatic carbocycles. The van der Waals surface area contributed by atoms with Gasteiger partial charge in [-0.2, -0.15) is 0 Å². The summed E-state index contributed by atoms with van der Waals surface area (Å²) >= 11 is 0. The van der Waals surface area contributed by atoms with Crippen LogP contribution in [0.1, 0.15) is 26.3 Å². The largest absolute Gasteiger partial charge is 0.478 e. The molecule has 6 nitrogen and oxygen atoms in total. The van der Waals surface area contributed by atoms with Crippen molar-refractivity contribution in [2.24, 2.45) is 0 Å². The van der Waals surface area contributed by atoms with Gasteiger partial charge in [-0.3, -0.25) is 9.59 Å².